The van der Waals surface area contributed by atoms with Crippen molar-refractivity contribution in [3.63, 3.8) is 0 Å². The number of ether oxygens (including phenoxy) is 3. The van der Waals surface area contributed by atoms with Crippen molar-refractivity contribution >= 4 is 21.6 Å². The number of hydrogen-bond donors (Lipinski definition) is 0. The zero-order chi connectivity index (χ0) is 15.6. The van der Waals surface area contributed by atoms with E-state index in [0.29, 0.717) is 19.8 Å². The van der Waals surface area contributed by atoms with E-state index < -0.39 is 0 Å². The molecular weight excluding hydrogens is 358 g/mol. The molecule has 1 spiro atoms. The fourth-order valence-corrected chi connectivity index (χ4v) is 4.79. The molecule has 0 amide bonds. The summed E-state index contributed by atoms with van der Waals surface area (Å²) in [6.45, 7) is 2.73. The van der Waals surface area contributed by atoms with E-state index in [1.807, 2.05) is 6.07 Å². The number of likely N-dealkylation sites (N-methyl/N-ethyl adjacent to an activating group) is 1. The van der Waals surface area contributed by atoms with E-state index in [0.717, 1.165) is 28.3 Å². The standard InChI is InChI=1S/C18H16BrNO3/c1-20-9-18(17-12(19)3-2-4-13(17)20)10-23-14-8-16-15(7-11(14)18)21-5-6-22-16/h2-4,7-8H,5-6,9-10H2,1H3. The van der Waals surface area contributed by atoms with Crippen LogP contribution in [0.25, 0.3) is 0 Å². The van der Waals surface area contributed by atoms with Gasteiger partial charge in [-0.15, -0.1) is 0 Å². The van der Waals surface area contributed by atoms with E-state index in [9.17, 15) is 0 Å². The largest absolute Gasteiger partial charge is 0.492 e. The van der Waals surface area contributed by atoms with Crippen LogP contribution in [-0.4, -0.2) is 33.4 Å². The molecule has 2 aromatic rings. The van der Waals surface area contributed by atoms with Crippen molar-refractivity contribution in [2.45, 2.75) is 5.41 Å². The van der Waals surface area contributed by atoms with Crippen LogP contribution >= 0.6 is 15.9 Å². The van der Waals surface area contributed by atoms with Gasteiger partial charge in [0.15, 0.2) is 11.5 Å². The molecule has 5 rings (SSSR count). The number of nitrogens with zero attached hydrogens (tertiary/aromatic N) is 1. The van der Waals surface area contributed by atoms with E-state index in [-0.39, 0.29) is 5.41 Å². The Morgan fingerprint density at radius 2 is 1.83 bits per heavy atom. The lowest BCUT2D eigenvalue weighted by atomic mass is 9.77. The van der Waals surface area contributed by atoms with Gasteiger partial charge in [0, 0.05) is 40.9 Å². The third kappa shape index (κ3) is 1.71. The molecular formula is C18H16BrNO3. The minimum absolute atomic E-state index is 0.157. The van der Waals surface area contributed by atoms with Gasteiger partial charge in [0.2, 0.25) is 0 Å². The molecule has 1 atom stereocenters. The molecule has 3 aliphatic rings. The molecule has 118 valence electrons. The molecule has 0 aliphatic carbocycles. The Kier molecular flexibility index (Phi) is 2.69. The van der Waals surface area contributed by atoms with E-state index in [1.54, 1.807) is 0 Å². The lowest BCUT2D eigenvalue weighted by Gasteiger charge is -2.25. The van der Waals surface area contributed by atoms with Crippen molar-refractivity contribution in [3.8, 4) is 17.2 Å². The smallest absolute Gasteiger partial charge is 0.165 e. The Labute approximate surface area is 143 Å². The molecule has 4 nitrogen and oxygen atoms in total. The molecule has 3 aliphatic heterocycles. The maximum atomic E-state index is 6.08. The van der Waals surface area contributed by atoms with Crippen molar-refractivity contribution in [1.82, 2.24) is 0 Å². The van der Waals surface area contributed by atoms with Gasteiger partial charge in [0.1, 0.15) is 25.6 Å². The third-order valence-corrected chi connectivity index (χ3v) is 5.68. The van der Waals surface area contributed by atoms with Crippen LogP contribution in [0.2, 0.25) is 0 Å². The van der Waals surface area contributed by atoms with Crippen molar-refractivity contribution in [3.05, 3.63) is 45.9 Å². The van der Waals surface area contributed by atoms with Crippen LogP contribution in [-0.2, 0) is 5.41 Å². The molecule has 0 N–H and O–H groups in total. The average molecular weight is 374 g/mol. The number of hydrogen-bond acceptors (Lipinski definition) is 4. The van der Waals surface area contributed by atoms with E-state index >= 15 is 0 Å². The van der Waals surface area contributed by atoms with Crippen molar-refractivity contribution in [2.24, 2.45) is 0 Å². The van der Waals surface area contributed by atoms with Crippen molar-refractivity contribution < 1.29 is 14.2 Å². The Morgan fingerprint density at radius 3 is 2.65 bits per heavy atom. The van der Waals surface area contributed by atoms with E-state index in [4.69, 9.17) is 14.2 Å². The molecule has 1 unspecified atom stereocenters. The maximum Gasteiger partial charge on any atom is 0.165 e. The molecule has 0 saturated carbocycles. The number of benzene rings is 2. The first-order chi connectivity index (χ1) is 11.2. The van der Waals surface area contributed by atoms with Crippen LogP contribution < -0.4 is 19.1 Å². The minimum Gasteiger partial charge on any atom is -0.492 e. The summed E-state index contributed by atoms with van der Waals surface area (Å²) in [4.78, 5) is 2.30. The number of fused-ring (bicyclic) bond motifs is 5. The van der Waals surface area contributed by atoms with Crippen LogP contribution in [0.15, 0.2) is 34.8 Å². The summed E-state index contributed by atoms with van der Waals surface area (Å²) < 4.78 is 18.7. The average Bonchev–Trinajstić information content (AvgIpc) is 3.05. The molecule has 0 aromatic heterocycles. The van der Waals surface area contributed by atoms with Gasteiger partial charge in [0.25, 0.3) is 0 Å². The quantitative estimate of drug-likeness (QED) is 0.708. The molecule has 2 aromatic carbocycles. The van der Waals surface area contributed by atoms with Crippen molar-refractivity contribution in [1.29, 1.82) is 0 Å². The van der Waals surface area contributed by atoms with Gasteiger partial charge in [-0.05, 0) is 18.2 Å². The number of halogens is 1. The topological polar surface area (TPSA) is 30.9 Å². The fourth-order valence-electron chi connectivity index (χ4n) is 4.05. The van der Waals surface area contributed by atoms with Crippen LogP contribution in [0, 0.1) is 0 Å². The lowest BCUT2D eigenvalue weighted by Crippen LogP contribution is -2.34. The third-order valence-electron chi connectivity index (χ3n) is 5.02. The lowest BCUT2D eigenvalue weighted by molar-refractivity contribution is 0.171. The zero-order valence-electron chi connectivity index (χ0n) is 12.8. The van der Waals surface area contributed by atoms with Crippen molar-refractivity contribution in [2.75, 3.05) is 38.3 Å². The number of anilines is 1. The molecule has 0 radical (unpaired) electrons. The molecule has 0 fully saturated rings. The highest BCUT2D eigenvalue weighted by atomic mass is 79.9. The first kappa shape index (κ1) is 13.5. The highest BCUT2D eigenvalue weighted by Crippen LogP contribution is 2.55. The summed E-state index contributed by atoms with van der Waals surface area (Å²) in [6, 6.07) is 10.5. The fraction of sp³-hybridized carbons (Fsp3) is 0.333. The molecule has 23 heavy (non-hydrogen) atoms. The normalized spacial score (nSPS) is 23.7. The molecule has 0 saturated heterocycles. The summed E-state index contributed by atoms with van der Waals surface area (Å²) >= 11 is 3.75. The second-order valence-corrected chi connectivity index (χ2v) is 7.21. The van der Waals surface area contributed by atoms with Crippen LogP contribution in [0.1, 0.15) is 11.1 Å². The molecule has 0 bridgehead atoms. The second kappa shape index (κ2) is 4.57. The van der Waals surface area contributed by atoms with Crippen LogP contribution in [0.3, 0.4) is 0 Å². The first-order valence-corrected chi connectivity index (χ1v) is 8.55. The minimum atomic E-state index is -0.157. The molecule has 3 heterocycles. The summed E-state index contributed by atoms with van der Waals surface area (Å²) in [5.74, 6) is 2.51. The Bertz CT molecular complexity index is 822. The summed E-state index contributed by atoms with van der Waals surface area (Å²) in [7, 11) is 2.13. The Morgan fingerprint density at radius 1 is 1.04 bits per heavy atom. The summed E-state index contributed by atoms with van der Waals surface area (Å²) in [5, 5.41) is 0. The van der Waals surface area contributed by atoms with Crippen LogP contribution in [0.4, 0.5) is 5.69 Å². The number of rotatable bonds is 0. The Balaban J connectivity index is 1.74. The van der Waals surface area contributed by atoms with Gasteiger partial charge < -0.3 is 19.1 Å². The van der Waals surface area contributed by atoms with E-state index in [2.05, 4.69) is 52.1 Å². The van der Waals surface area contributed by atoms with Gasteiger partial charge in [-0.1, -0.05) is 22.0 Å². The van der Waals surface area contributed by atoms with Gasteiger partial charge in [-0.2, -0.15) is 0 Å². The maximum absolute atomic E-state index is 6.08. The van der Waals surface area contributed by atoms with Gasteiger partial charge in [-0.25, -0.2) is 0 Å². The second-order valence-electron chi connectivity index (χ2n) is 6.35. The van der Waals surface area contributed by atoms with Crippen LogP contribution in [0.5, 0.6) is 17.2 Å². The highest BCUT2D eigenvalue weighted by molar-refractivity contribution is 9.10. The van der Waals surface area contributed by atoms with Gasteiger partial charge >= 0.3 is 0 Å². The molecule has 5 heteroatoms. The zero-order valence-corrected chi connectivity index (χ0v) is 14.4. The predicted molar refractivity (Wildman–Crippen MR) is 91.1 cm³/mol. The van der Waals surface area contributed by atoms with Gasteiger partial charge in [-0.3, -0.25) is 0 Å². The predicted octanol–water partition coefficient (Wildman–Crippen LogP) is 3.35. The summed E-state index contributed by atoms with van der Waals surface area (Å²) in [6.07, 6.45) is 0. The highest BCUT2D eigenvalue weighted by Gasteiger charge is 2.50. The summed E-state index contributed by atoms with van der Waals surface area (Å²) in [5.41, 5.74) is 3.60. The van der Waals surface area contributed by atoms with Gasteiger partial charge in [0.05, 0.1) is 5.41 Å². The van der Waals surface area contributed by atoms with E-state index in [1.165, 1.54) is 16.8 Å². The SMILES string of the molecule is CN1CC2(COc3cc4c(cc32)OCCO4)c2c(Br)cccc21. The Hall–Kier alpha value is -1.88. The monoisotopic (exact) mass is 373 g/mol. The first-order valence-electron chi connectivity index (χ1n) is 7.76.